The molecule has 1 saturated carbocycles. The summed E-state index contributed by atoms with van der Waals surface area (Å²) < 4.78 is 6.48. The molecule has 1 aromatic carbocycles. The summed E-state index contributed by atoms with van der Waals surface area (Å²) in [4.78, 5) is 15.3. The quantitative estimate of drug-likeness (QED) is 0.797. The summed E-state index contributed by atoms with van der Waals surface area (Å²) >= 11 is 0. The van der Waals surface area contributed by atoms with Gasteiger partial charge in [-0.25, -0.2) is 0 Å². The fourth-order valence-electron chi connectivity index (χ4n) is 4.61. The molecule has 25 heavy (non-hydrogen) atoms. The van der Waals surface area contributed by atoms with Crippen LogP contribution in [0, 0.1) is 17.8 Å². The summed E-state index contributed by atoms with van der Waals surface area (Å²) in [5, 5.41) is 0. The van der Waals surface area contributed by atoms with Crippen molar-refractivity contribution >= 4 is 5.78 Å². The first-order chi connectivity index (χ1) is 11.8. The van der Waals surface area contributed by atoms with Gasteiger partial charge in [-0.15, -0.1) is 0 Å². The molecule has 1 aliphatic carbocycles. The van der Waals surface area contributed by atoms with E-state index >= 15 is 0 Å². The molecule has 3 rings (SSSR count). The van der Waals surface area contributed by atoms with Crippen molar-refractivity contribution in [3.05, 3.63) is 35.9 Å². The molecule has 4 unspecified atom stereocenters. The highest BCUT2D eigenvalue weighted by Gasteiger charge is 2.52. The first-order valence-corrected chi connectivity index (χ1v) is 9.80. The molecule has 2 aliphatic rings. The normalized spacial score (nSPS) is 32.4. The van der Waals surface area contributed by atoms with Gasteiger partial charge in [-0.1, -0.05) is 57.5 Å². The lowest BCUT2D eigenvalue weighted by Gasteiger charge is -2.57. The summed E-state index contributed by atoms with van der Waals surface area (Å²) in [6, 6.07) is 10.5. The molecule has 4 atom stereocenters. The minimum absolute atomic E-state index is 0.0170. The van der Waals surface area contributed by atoms with Crippen molar-refractivity contribution in [3.63, 3.8) is 0 Å². The van der Waals surface area contributed by atoms with Crippen LogP contribution in [-0.2, 0) is 16.1 Å². The van der Waals surface area contributed by atoms with Gasteiger partial charge in [0.25, 0.3) is 0 Å². The van der Waals surface area contributed by atoms with E-state index in [2.05, 4.69) is 49.9 Å². The van der Waals surface area contributed by atoms with Gasteiger partial charge in [0, 0.05) is 23.9 Å². The fourth-order valence-corrected chi connectivity index (χ4v) is 4.61. The Balaban J connectivity index is 1.93. The standard InChI is InChI=1S/C22H33NO2/c1-15(2)20(24)21-23(14-17-9-7-6-8-10-17)22(4,5)18-12-11-16(3)13-19(18)25-21/h6-10,15-16,18-19,21H,11-14H2,1-5H3. The molecule has 1 saturated heterocycles. The molecule has 0 amide bonds. The number of benzene rings is 1. The monoisotopic (exact) mass is 343 g/mol. The number of ketones is 1. The molecule has 1 heterocycles. The molecule has 138 valence electrons. The minimum Gasteiger partial charge on any atom is -0.352 e. The summed E-state index contributed by atoms with van der Waals surface area (Å²) in [5.41, 5.74) is 1.19. The lowest BCUT2D eigenvalue weighted by Crippen LogP contribution is -2.66. The number of nitrogens with zero attached hydrogens (tertiary/aromatic N) is 1. The topological polar surface area (TPSA) is 29.5 Å². The Morgan fingerprint density at radius 2 is 1.92 bits per heavy atom. The van der Waals surface area contributed by atoms with Crippen LogP contribution >= 0.6 is 0 Å². The van der Waals surface area contributed by atoms with Crippen LogP contribution in [0.1, 0.15) is 59.4 Å². The molecule has 0 N–H and O–H groups in total. The third kappa shape index (κ3) is 3.68. The van der Waals surface area contributed by atoms with Crippen molar-refractivity contribution in [2.45, 2.75) is 78.3 Å². The number of carbonyl (C=O) groups is 1. The number of carbonyl (C=O) groups excluding carboxylic acids is 1. The van der Waals surface area contributed by atoms with Crippen LogP contribution in [0.15, 0.2) is 30.3 Å². The van der Waals surface area contributed by atoms with Crippen LogP contribution in [0.4, 0.5) is 0 Å². The molecule has 0 spiro atoms. The van der Waals surface area contributed by atoms with Crippen LogP contribution in [0.3, 0.4) is 0 Å². The lowest BCUT2D eigenvalue weighted by atomic mass is 9.69. The van der Waals surface area contributed by atoms with Gasteiger partial charge in [0.05, 0.1) is 6.10 Å². The zero-order valence-electron chi connectivity index (χ0n) is 16.4. The van der Waals surface area contributed by atoms with Crippen LogP contribution < -0.4 is 0 Å². The van der Waals surface area contributed by atoms with Gasteiger partial charge in [0.15, 0.2) is 12.0 Å². The fraction of sp³-hybridized carbons (Fsp3) is 0.682. The van der Waals surface area contributed by atoms with E-state index in [0.29, 0.717) is 11.8 Å². The van der Waals surface area contributed by atoms with Crippen LogP contribution in [0.25, 0.3) is 0 Å². The summed E-state index contributed by atoms with van der Waals surface area (Å²) in [7, 11) is 0. The van der Waals surface area contributed by atoms with Gasteiger partial charge in [0.1, 0.15) is 0 Å². The Morgan fingerprint density at radius 3 is 2.56 bits per heavy atom. The maximum atomic E-state index is 13.0. The lowest BCUT2D eigenvalue weighted by molar-refractivity contribution is -0.233. The Kier molecular flexibility index (Phi) is 5.36. The minimum atomic E-state index is -0.429. The second kappa shape index (κ2) is 7.20. The highest BCUT2D eigenvalue weighted by Crippen LogP contribution is 2.46. The molecule has 0 aromatic heterocycles. The molecule has 3 heteroatoms. The number of rotatable bonds is 4. The number of hydrogen-bond acceptors (Lipinski definition) is 3. The Hall–Kier alpha value is -1.19. The smallest absolute Gasteiger partial charge is 0.179 e. The molecule has 0 radical (unpaired) electrons. The highest BCUT2D eigenvalue weighted by atomic mass is 16.5. The van der Waals surface area contributed by atoms with Gasteiger partial charge >= 0.3 is 0 Å². The van der Waals surface area contributed by atoms with Crippen LogP contribution in [0.2, 0.25) is 0 Å². The van der Waals surface area contributed by atoms with Gasteiger partial charge in [-0.3, -0.25) is 9.69 Å². The van der Waals surface area contributed by atoms with Crippen molar-refractivity contribution in [2.24, 2.45) is 17.8 Å². The average molecular weight is 344 g/mol. The highest BCUT2D eigenvalue weighted by molar-refractivity contribution is 5.84. The Bertz CT molecular complexity index is 595. The molecular weight excluding hydrogens is 310 g/mol. The van der Waals surface area contributed by atoms with E-state index in [1.807, 2.05) is 19.9 Å². The third-order valence-corrected chi connectivity index (χ3v) is 6.30. The first-order valence-electron chi connectivity index (χ1n) is 9.80. The summed E-state index contributed by atoms with van der Waals surface area (Å²) in [6.07, 6.45) is 3.30. The van der Waals surface area contributed by atoms with E-state index < -0.39 is 6.23 Å². The maximum Gasteiger partial charge on any atom is 0.179 e. The average Bonchev–Trinajstić information content (AvgIpc) is 2.57. The van der Waals surface area contributed by atoms with E-state index in [0.717, 1.165) is 13.0 Å². The SMILES string of the molecule is CC1CCC2C(C1)OC(C(=O)C(C)C)N(Cc1ccccc1)C2(C)C. The molecule has 1 aromatic rings. The maximum absolute atomic E-state index is 13.0. The van der Waals surface area contributed by atoms with Crippen LogP contribution in [-0.4, -0.2) is 28.6 Å². The van der Waals surface area contributed by atoms with Crippen molar-refractivity contribution in [2.75, 3.05) is 0 Å². The number of hydrogen-bond donors (Lipinski definition) is 0. The number of fused-ring (bicyclic) bond motifs is 1. The Morgan fingerprint density at radius 1 is 1.24 bits per heavy atom. The van der Waals surface area contributed by atoms with Crippen molar-refractivity contribution < 1.29 is 9.53 Å². The van der Waals surface area contributed by atoms with Gasteiger partial charge in [-0.2, -0.15) is 0 Å². The predicted octanol–water partition coefficient (Wildman–Crippen LogP) is 4.65. The molecule has 1 aliphatic heterocycles. The van der Waals surface area contributed by atoms with E-state index in [-0.39, 0.29) is 23.3 Å². The van der Waals surface area contributed by atoms with E-state index in [9.17, 15) is 4.79 Å². The molecule has 3 nitrogen and oxygen atoms in total. The second-order valence-corrected chi connectivity index (χ2v) is 8.88. The summed E-state index contributed by atoms with van der Waals surface area (Å²) in [5.74, 6) is 1.37. The van der Waals surface area contributed by atoms with E-state index in [1.165, 1.54) is 18.4 Å². The molecule has 2 fully saturated rings. The number of Topliss-reactive ketones (excluding diaryl/α,β-unsaturated/α-hetero) is 1. The van der Waals surface area contributed by atoms with Gasteiger partial charge in [0.2, 0.25) is 0 Å². The summed E-state index contributed by atoms with van der Waals surface area (Å²) in [6.45, 7) is 11.7. The zero-order valence-corrected chi connectivity index (χ0v) is 16.4. The van der Waals surface area contributed by atoms with E-state index in [1.54, 1.807) is 0 Å². The zero-order chi connectivity index (χ0) is 18.2. The van der Waals surface area contributed by atoms with Gasteiger partial charge in [-0.05, 0) is 38.2 Å². The van der Waals surface area contributed by atoms with Crippen molar-refractivity contribution in [1.82, 2.24) is 4.90 Å². The van der Waals surface area contributed by atoms with E-state index in [4.69, 9.17) is 4.74 Å². The predicted molar refractivity (Wildman–Crippen MR) is 101 cm³/mol. The largest absolute Gasteiger partial charge is 0.352 e. The third-order valence-electron chi connectivity index (χ3n) is 6.30. The molecular formula is C22H33NO2. The second-order valence-electron chi connectivity index (χ2n) is 8.88. The van der Waals surface area contributed by atoms with Gasteiger partial charge < -0.3 is 4.74 Å². The van der Waals surface area contributed by atoms with Crippen molar-refractivity contribution in [3.8, 4) is 0 Å². The number of ether oxygens (including phenoxy) is 1. The first kappa shape index (κ1) is 18.6. The molecule has 0 bridgehead atoms. The van der Waals surface area contributed by atoms with Crippen LogP contribution in [0.5, 0.6) is 0 Å². The Labute approximate surface area is 152 Å². The van der Waals surface area contributed by atoms with Crippen molar-refractivity contribution in [1.29, 1.82) is 0 Å².